The van der Waals surface area contributed by atoms with Gasteiger partial charge in [0.15, 0.2) is 0 Å². The molecule has 1 unspecified atom stereocenters. The zero-order valence-electron chi connectivity index (χ0n) is 26.9. The number of benzene rings is 2. The molecule has 0 aromatic heterocycles. The molecular weight excluding hydrogens is 656 g/mol. The van der Waals surface area contributed by atoms with Crippen LogP contribution >= 0.6 is 23.4 Å². The number of aryl methyl sites for hydroxylation is 1. The molecule has 5 aliphatic rings. The maximum atomic E-state index is 14.2. The van der Waals surface area contributed by atoms with Crippen molar-refractivity contribution in [1.29, 1.82) is 0 Å². The molecule has 2 bridgehead atoms. The monoisotopic (exact) mass is 698 g/mol. The Bertz CT molecular complexity index is 1710. The van der Waals surface area contributed by atoms with Gasteiger partial charge in [0, 0.05) is 36.8 Å². The first-order chi connectivity index (χ1) is 22.6. The number of ether oxygens (including phenoxy) is 2. The minimum absolute atomic E-state index is 0.0400. The number of nitrogens with zero attached hydrogens (tertiary/aromatic N) is 2. The molecule has 2 saturated carbocycles. The number of anilines is 1. The zero-order valence-corrected chi connectivity index (χ0v) is 29.3. The van der Waals surface area contributed by atoms with E-state index in [1.165, 1.54) is 11.1 Å². The Labute approximate surface area is 286 Å². The molecule has 12 heteroatoms. The van der Waals surface area contributed by atoms with Crippen LogP contribution in [0.3, 0.4) is 0 Å². The van der Waals surface area contributed by atoms with Crippen molar-refractivity contribution in [3.63, 3.8) is 0 Å². The van der Waals surface area contributed by atoms with Crippen molar-refractivity contribution in [3.05, 3.63) is 70.3 Å². The fraction of sp³-hybridized carbons (Fsp3) is 0.543. The van der Waals surface area contributed by atoms with Gasteiger partial charge in [0.2, 0.25) is 0 Å². The second-order valence-corrected chi connectivity index (χ2v) is 17.7. The molecule has 2 fully saturated rings. The highest BCUT2D eigenvalue weighted by Crippen LogP contribution is 2.49. The lowest BCUT2D eigenvalue weighted by Gasteiger charge is -2.45. The SMILES string of the molecule is CO[C@H]1/C=C\C[C@H](C)CS(=O)(NC(=O)NC2CC2)=NC(=O)c2ccc3c(c2)N(C[C@@H]2CC[C@H]21)C[C@]1(CO3)SCCc2cc(Cl)ccc21. The summed E-state index contributed by atoms with van der Waals surface area (Å²) >= 11 is 8.36. The summed E-state index contributed by atoms with van der Waals surface area (Å²) in [5, 5.41) is 3.56. The van der Waals surface area contributed by atoms with E-state index in [1.807, 2.05) is 36.9 Å². The van der Waals surface area contributed by atoms with Gasteiger partial charge in [0.1, 0.15) is 22.3 Å². The Morgan fingerprint density at radius 3 is 2.81 bits per heavy atom. The molecule has 7 rings (SSSR count). The van der Waals surface area contributed by atoms with E-state index < -0.39 is 21.9 Å². The average Bonchev–Trinajstić information content (AvgIpc) is 3.85. The van der Waals surface area contributed by atoms with Crippen LogP contribution in [0.5, 0.6) is 5.75 Å². The fourth-order valence-electron chi connectivity index (χ4n) is 7.42. The van der Waals surface area contributed by atoms with Crippen LogP contribution in [0.1, 0.15) is 60.5 Å². The van der Waals surface area contributed by atoms with Crippen LogP contribution in [0.4, 0.5) is 10.5 Å². The number of fused-ring (bicyclic) bond motifs is 4. The van der Waals surface area contributed by atoms with Crippen molar-refractivity contribution >= 4 is 50.9 Å². The number of hydrogen-bond donors (Lipinski definition) is 2. The van der Waals surface area contributed by atoms with Crippen LogP contribution in [0.25, 0.3) is 0 Å². The van der Waals surface area contributed by atoms with E-state index in [9.17, 15) is 13.8 Å². The molecule has 0 saturated heterocycles. The predicted octanol–water partition coefficient (Wildman–Crippen LogP) is 6.35. The first-order valence-electron chi connectivity index (χ1n) is 16.7. The summed E-state index contributed by atoms with van der Waals surface area (Å²) in [4.78, 5) is 28.9. The molecular formula is C35H43ClN4O5S2. The molecule has 2 aromatic rings. The van der Waals surface area contributed by atoms with E-state index in [0.717, 1.165) is 55.1 Å². The Kier molecular flexibility index (Phi) is 9.27. The molecule has 2 aliphatic carbocycles. The van der Waals surface area contributed by atoms with Crippen molar-refractivity contribution in [1.82, 2.24) is 10.0 Å². The van der Waals surface area contributed by atoms with Crippen LogP contribution in [-0.2, 0) is 25.8 Å². The quantitative estimate of drug-likeness (QED) is 0.360. The summed E-state index contributed by atoms with van der Waals surface area (Å²) in [7, 11) is -1.65. The summed E-state index contributed by atoms with van der Waals surface area (Å²) in [5.41, 5.74) is 3.64. The number of amides is 3. The summed E-state index contributed by atoms with van der Waals surface area (Å²) in [6.07, 6.45) is 9.70. The maximum absolute atomic E-state index is 14.2. The van der Waals surface area contributed by atoms with Crippen LogP contribution in [-0.4, -0.2) is 66.6 Å². The lowest BCUT2D eigenvalue weighted by Crippen LogP contribution is -2.48. The van der Waals surface area contributed by atoms with Crippen LogP contribution in [0.2, 0.25) is 5.02 Å². The Morgan fingerprint density at radius 1 is 1.19 bits per heavy atom. The van der Waals surface area contributed by atoms with Gasteiger partial charge in [-0.2, -0.15) is 0 Å². The third-order valence-corrected chi connectivity index (χ3v) is 13.8. The number of allylic oxidation sites excluding steroid dienone is 1. The van der Waals surface area contributed by atoms with E-state index in [2.05, 4.69) is 43.6 Å². The third kappa shape index (κ3) is 7.05. The zero-order chi connectivity index (χ0) is 32.8. The standard InChI is InChI=1S/C35H43ClN4O5S2/c1-22-4-3-5-31(44-2)28-11-6-25(28)18-40-20-35(29-12-8-26(36)16-23(29)14-15-46-35)21-45-32-13-7-24(17-30(32)40)33(41)38-47(43,19-22)39-34(42)37-27-9-10-27/h3,5,7-8,12-13,16-17,22,25,27-28,31H,4,6,9-11,14-15,18-21H2,1-2H3,(H2,37,38,39,41,42,43)/b5-3-/t22-,25-,28+,31-,35+,47?/m0/s1. The molecule has 6 atom stereocenters. The average molecular weight is 699 g/mol. The van der Waals surface area contributed by atoms with Gasteiger partial charge in [-0.3, -0.25) is 9.52 Å². The molecule has 1 spiro atoms. The highest BCUT2D eigenvalue weighted by molar-refractivity contribution is 8.00. The van der Waals surface area contributed by atoms with Gasteiger partial charge in [0.25, 0.3) is 5.91 Å². The number of carbonyl (C=O) groups excluding carboxylic acids is 2. The van der Waals surface area contributed by atoms with E-state index >= 15 is 0 Å². The molecule has 47 heavy (non-hydrogen) atoms. The first kappa shape index (κ1) is 32.8. The molecule has 3 heterocycles. The number of carbonyl (C=O) groups is 2. The van der Waals surface area contributed by atoms with Crippen LogP contribution in [0.15, 0.2) is 52.9 Å². The maximum Gasteiger partial charge on any atom is 0.327 e. The lowest BCUT2D eigenvalue weighted by atomic mass is 9.70. The molecule has 2 N–H and O–H groups in total. The van der Waals surface area contributed by atoms with Gasteiger partial charge < -0.3 is 19.7 Å². The van der Waals surface area contributed by atoms with E-state index in [4.69, 9.17) is 21.1 Å². The topological polar surface area (TPSA) is 109 Å². The Morgan fingerprint density at radius 2 is 2.04 bits per heavy atom. The smallest absolute Gasteiger partial charge is 0.327 e. The van der Waals surface area contributed by atoms with Gasteiger partial charge >= 0.3 is 6.03 Å². The van der Waals surface area contributed by atoms with Crippen LogP contribution < -0.4 is 19.7 Å². The minimum atomic E-state index is -3.42. The predicted molar refractivity (Wildman–Crippen MR) is 188 cm³/mol. The van der Waals surface area contributed by atoms with Gasteiger partial charge in [-0.25, -0.2) is 9.00 Å². The van der Waals surface area contributed by atoms with Gasteiger partial charge in [-0.05, 0) is 103 Å². The molecule has 252 valence electrons. The third-order valence-electron chi connectivity index (χ3n) is 10.2. The number of methoxy groups -OCH3 is 1. The highest BCUT2D eigenvalue weighted by Gasteiger charge is 2.45. The normalized spacial score (nSPS) is 32.8. The van der Waals surface area contributed by atoms with Crippen molar-refractivity contribution in [2.45, 2.75) is 62.3 Å². The molecule has 3 aliphatic heterocycles. The lowest BCUT2D eigenvalue weighted by molar-refractivity contribution is 0.0134. The summed E-state index contributed by atoms with van der Waals surface area (Å²) in [6.45, 7) is 3.92. The number of rotatable bonds is 3. The van der Waals surface area contributed by atoms with E-state index in [0.29, 0.717) is 42.7 Å². The van der Waals surface area contributed by atoms with E-state index in [1.54, 1.807) is 13.2 Å². The minimum Gasteiger partial charge on any atom is -0.490 e. The molecule has 2 aromatic carbocycles. The fourth-order valence-corrected chi connectivity index (χ4v) is 10.9. The Balaban J connectivity index is 1.29. The van der Waals surface area contributed by atoms with Gasteiger partial charge in [-0.15, -0.1) is 16.1 Å². The number of hydrogen-bond acceptors (Lipinski definition) is 7. The molecule has 9 nitrogen and oxygen atoms in total. The molecule has 3 amide bonds. The molecule has 0 radical (unpaired) electrons. The van der Waals surface area contributed by atoms with Crippen molar-refractivity contribution in [2.75, 3.05) is 43.2 Å². The largest absolute Gasteiger partial charge is 0.490 e. The van der Waals surface area contributed by atoms with E-state index in [-0.39, 0.29) is 28.6 Å². The number of thioether (sulfide) groups is 1. The number of halogens is 1. The summed E-state index contributed by atoms with van der Waals surface area (Å²) in [5.74, 6) is 1.74. The highest BCUT2D eigenvalue weighted by atomic mass is 35.5. The summed E-state index contributed by atoms with van der Waals surface area (Å²) in [6, 6.07) is 11.1. The second-order valence-electron chi connectivity index (χ2n) is 13.8. The number of urea groups is 1. The van der Waals surface area contributed by atoms with Crippen LogP contribution in [0, 0.1) is 17.8 Å². The summed E-state index contributed by atoms with van der Waals surface area (Å²) < 4.78 is 33.3. The number of nitrogens with one attached hydrogen (secondary N) is 2. The second kappa shape index (κ2) is 13.3. The first-order valence-corrected chi connectivity index (χ1v) is 19.7. The van der Waals surface area contributed by atoms with Crippen molar-refractivity contribution in [2.24, 2.45) is 22.1 Å². The van der Waals surface area contributed by atoms with Crippen molar-refractivity contribution in [3.8, 4) is 5.75 Å². The van der Waals surface area contributed by atoms with Crippen molar-refractivity contribution < 1.29 is 23.3 Å². The Hall–Kier alpha value is -2.73. The van der Waals surface area contributed by atoms with Gasteiger partial charge in [-0.1, -0.05) is 36.7 Å². The van der Waals surface area contributed by atoms with Gasteiger partial charge in [0.05, 0.1) is 22.3 Å².